The van der Waals surface area contributed by atoms with Crippen molar-refractivity contribution in [2.45, 2.75) is 19.9 Å². The van der Waals surface area contributed by atoms with Crippen LogP contribution in [0.1, 0.15) is 13.8 Å². The lowest BCUT2D eigenvalue weighted by atomic mass is 10.2. The third-order valence-electron chi connectivity index (χ3n) is 3.51. The molecule has 1 aromatic heterocycles. The standard InChI is InChI=1S/C13H21N5O2/c1-4-14-12-6-5-11(18(19)20)13(15-12)17-8-7-16(3)9-10(17)2/h5-6,10H,4,7-9H2,1-3H3,(H,14,15). The summed E-state index contributed by atoms with van der Waals surface area (Å²) in [5.74, 6) is 1.15. The van der Waals surface area contributed by atoms with Crippen LogP contribution in [-0.2, 0) is 0 Å². The normalized spacial score (nSPS) is 19.9. The van der Waals surface area contributed by atoms with Gasteiger partial charge in [0.2, 0.25) is 5.82 Å². The van der Waals surface area contributed by atoms with Gasteiger partial charge in [-0.25, -0.2) is 4.98 Å². The zero-order valence-corrected chi connectivity index (χ0v) is 12.2. The van der Waals surface area contributed by atoms with E-state index in [1.54, 1.807) is 6.07 Å². The summed E-state index contributed by atoms with van der Waals surface area (Å²) in [6, 6.07) is 3.40. The maximum Gasteiger partial charge on any atom is 0.311 e. The summed E-state index contributed by atoms with van der Waals surface area (Å²) in [7, 11) is 2.06. The number of pyridine rings is 1. The zero-order valence-electron chi connectivity index (χ0n) is 12.2. The van der Waals surface area contributed by atoms with Gasteiger partial charge in [-0.15, -0.1) is 0 Å². The Bertz CT molecular complexity index is 494. The molecule has 1 aromatic rings. The molecule has 2 heterocycles. The predicted molar refractivity (Wildman–Crippen MR) is 79.4 cm³/mol. The van der Waals surface area contributed by atoms with Crippen LogP contribution in [0.2, 0.25) is 0 Å². The molecular formula is C13H21N5O2. The van der Waals surface area contributed by atoms with Gasteiger partial charge in [0.05, 0.1) is 4.92 Å². The molecule has 0 radical (unpaired) electrons. The molecule has 20 heavy (non-hydrogen) atoms. The zero-order chi connectivity index (χ0) is 14.7. The maximum atomic E-state index is 11.2. The van der Waals surface area contributed by atoms with Crippen LogP contribution in [0.25, 0.3) is 0 Å². The smallest absolute Gasteiger partial charge is 0.311 e. The minimum atomic E-state index is -0.358. The fourth-order valence-electron chi connectivity index (χ4n) is 2.53. The van der Waals surface area contributed by atoms with Crippen LogP contribution in [0.4, 0.5) is 17.3 Å². The van der Waals surface area contributed by atoms with Crippen molar-refractivity contribution in [3.63, 3.8) is 0 Å². The van der Waals surface area contributed by atoms with Crippen LogP contribution in [0.5, 0.6) is 0 Å². The van der Waals surface area contributed by atoms with E-state index >= 15 is 0 Å². The van der Waals surface area contributed by atoms with Gasteiger partial charge in [-0.1, -0.05) is 0 Å². The van der Waals surface area contributed by atoms with Crippen LogP contribution in [0, 0.1) is 10.1 Å². The van der Waals surface area contributed by atoms with Gasteiger partial charge in [0, 0.05) is 38.3 Å². The topological polar surface area (TPSA) is 74.5 Å². The fraction of sp³-hybridized carbons (Fsp3) is 0.615. The van der Waals surface area contributed by atoms with Crippen molar-refractivity contribution in [1.82, 2.24) is 9.88 Å². The van der Waals surface area contributed by atoms with Crippen molar-refractivity contribution >= 4 is 17.3 Å². The Kier molecular flexibility index (Phi) is 4.39. The number of hydrogen-bond acceptors (Lipinski definition) is 6. The van der Waals surface area contributed by atoms with Gasteiger partial charge in [-0.3, -0.25) is 10.1 Å². The molecule has 1 N–H and O–H groups in total. The lowest BCUT2D eigenvalue weighted by molar-refractivity contribution is -0.384. The Balaban J connectivity index is 2.36. The van der Waals surface area contributed by atoms with Gasteiger partial charge < -0.3 is 15.1 Å². The second-order valence-electron chi connectivity index (χ2n) is 5.13. The van der Waals surface area contributed by atoms with Gasteiger partial charge in [-0.2, -0.15) is 0 Å². The summed E-state index contributed by atoms with van der Waals surface area (Å²) in [6.45, 7) is 7.30. The average Bonchev–Trinajstić information content (AvgIpc) is 2.38. The first-order chi connectivity index (χ1) is 9.52. The minimum absolute atomic E-state index is 0.0723. The van der Waals surface area contributed by atoms with Crippen molar-refractivity contribution in [3.05, 3.63) is 22.2 Å². The number of likely N-dealkylation sites (N-methyl/N-ethyl adjacent to an activating group) is 1. The Morgan fingerprint density at radius 3 is 2.85 bits per heavy atom. The Hall–Kier alpha value is -1.89. The van der Waals surface area contributed by atoms with E-state index < -0.39 is 0 Å². The number of piperazine rings is 1. The van der Waals surface area contributed by atoms with E-state index in [1.165, 1.54) is 6.07 Å². The summed E-state index contributed by atoms with van der Waals surface area (Å²) in [5, 5.41) is 14.3. The molecule has 7 nitrogen and oxygen atoms in total. The molecule has 0 spiro atoms. The van der Waals surface area contributed by atoms with E-state index in [0.717, 1.165) is 26.2 Å². The molecule has 1 atom stereocenters. The van der Waals surface area contributed by atoms with Gasteiger partial charge >= 0.3 is 5.69 Å². The maximum absolute atomic E-state index is 11.2. The van der Waals surface area contributed by atoms with Gasteiger partial charge in [0.25, 0.3) is 0 Å². The molecule has 1 aliphatic heterocycles. The molecule has 0 saturated carbocycles. The average molecular weight is 279 g/mol. The van der Waals surface area contributed by atoms with E-state index in [2.05, 4.69) is 29.2 Å². The van der Waals surface area contributed by atoms with Crippen LogP contribution in [0.3, 0.4) is 0 Å². The summed E-state index contributed by atoms with van der Waals surface area (Å²) in [5.41, 5.74) is 0.0723. The first kappa shape index (κ1) is 14.5. The van der Waals surface area contributed by atoms with Gasteiger partial charge in [-0.05, 0) is 27.0 Å². The lowest BCUT2D eigenvalue weighted by Crippen LogP contribution is -2.51. The Morgan fingerprint density at radius 1 is 1.50 bits per heavy atom. The van der Waals surface area contributed by atoms with Crippen molar-refractivity contribution in [2.24, 2.45) is 0 Å². The first-order valence-electron chi connectivity index (χ1n) is 6.87. The molecule has 1 saturated heterocycles. The Morgan fingerprint density at radius 2 is 2.25 bits per heavy atom. The highest BCUT2D eigenvalue weighted by molar-refractivity contribution is 5.62. The highest BCUT2D eigenvalue weighted by atomic mass is 16.6. The van der Waals surface area contributed by atoms with Crippen LogP contribution >= 0.6 is 0 Å². The molecule has 0 aromatic carbocycles. The number of nitrogens with one attached hydrogen (secondary N) is 1. The van der Waals surface area contributed by atoms with Crippen molar-refractivity contribution in [1.29, 1.82) is 0 Å². The van der Waals surface area contributed by atoms with Crippen LogP contribution < -0.4 is 10.2 Å². The third-order valence-corrected chi connectivity index (χ3v) is 3.51. The summed E-state index contributed by atoms with van der Waals surface area (Å²) < 4.78 is 0. The Labute approximate surface area is 118 Å². The molecule has 0 amide bonds. The summed E-state index contributed by atoms with van der Waals surface area (Å²) in [4.78, 5) is 19.5. The molecule has 0 aliphatic carbocycles. The van der Waals surface area contributed by atoms with Crippen LogP contribution in [0.15, 0.2) is 12.1 Å². The number of nitro groups is 1. The second-order valence-corrected chi connectivity index (χ2v) is 5.13. The molecule has 1 unspecified atom stereocenters. The number of hydrogen-bond donors (Lipinski definition) is 1. The highest BCUT2D eigenvalue weighted by Crippen LogP contribution is 2.30. The summed E-state index contributed by atoms with van der Waals surface area (Å²) >= 11 is 0. The van der Waals surface area contributed by atoms with E-state index in [1.807, 2.05) is 11.8 Å². The molecule has 0 bridgehead atoms. The van der Waals surface area contributed by atoms with Crippen LogP contribution in [-0.4, -0.2) is 54.1 Å². The quantitative estimate of drug-likeness (QED) is 0.666. The third kappa shape index (κ3) is 2.98. The molecule has 110 valence electrons. The van der Waals surface area contributed by atoms with E-state index in [9.17, 15) is 10.1 Å². The first-order valence-corrected chi connectivity index (χ1v) is 6.87. The monoisotopic (exact) mass is 279 g/mol. The van der Waals surface area contributed by atoms with Gasteiger partial charge in [0.15, 0.2) is 0 Å². The summed E-state index contributed by atoms with van der Waals surface area (Å²) in [6.07, 6.45) is 0. The number of aromatic nitrogens is 1. The highest BCUT2D eigenvalue weighted by Gasteiger charge is 2.28. The van der Waals surface area contributed by atoms with E-state index in [0.29, 0.717) is 11.6 Å². The minimum Gasteiger partial charge on any atom is -0.370 e. The number of nitrogens with zero attached hydrogens (tertiary/aromatic N) is 4. The SMILES string of the molecule is CCNc1ccc([N+](=O)[O-])c(N2CCN(C)CC2C)n1. The van der Waals surface area contributed by atoms with Gasteiger partial charge in [0.1, 0.15) is 5.82 Å². The molecule has 2 rings (SSSR count). The molecule has 1 fully saturated rings. The second kappa shape index (κ2) is 6.04. The fourth-order valence-corrected chi connectivity index (χ4v) is 2.53. The molecule has 7 heteroatoms. The number of rotatable bonds is 4. The molecular weight excluding hydrogens is 258 g/mol. The molecule has 1 aliphatic rings. The van der Waals surface area contributed by atoms with E-state index in [4.69, 9.17) is 0 Å². The number of anilines is 2. The lowest BCUT2D eigenvalue weighted by Gasteiger charge is -2.38. The van der Waals surface area contributed by atoms with Crippen molar-refractivity contribution in [2.75, 3.05) is 43.4 Å². The van der Waals surface area contributed by atoms with Crippen molar-refractivity contribution < 1.29 is 4.92 Å². The van der Waals surface area contributed by atoms with Crippen molar-refractivity contribution in [3.8, 4) is 0 Å². The van der Waals surface area contributed by atoms with E-state index in [-0.39, 0.29) is 16.7 Å². The predicted octanol–water partition coefficient (Wildman–Crippen LogP) is 1.56. The largest absolute Gasteiger partial charge is 0.370 e.